The summed E-state index contributed by atoms with van der Waals surface area (Å²) in [5.41, 5.74) is 2.41. The first-order valence-electron chi connectivity index (χ1n) is 8.80. The Morgan fingerprint density at radius 3 is 2.62 bits per heavy atom. The Labute approximate surface area is 180 Å². The van der Waals surface area contributed by atoms with E-state index < -0.39 is 4.92 Å². The van der Waals surface area contributed by atoms with Crippen LogP contribution in [0, 0.1) is 17.0 Å². The van der Waals surface area contributed by atoms with E-state index in [1.165, 1.54) is 29.5 Å². The fourth-order valence-electron chi connectivity index (χ4n) is 2.69. The van der Waals surface area contributed by atoms with Crippen LogP contribution in [0.3, 0.4) is 0 Å². The van der Waals surface area contributed by atoms with Crippen LogP contribution < -0.4 is 10.1 Å². The van der Waals surface area contributed by atoms with Crippen molar-refractivity contribution in [3.05, 3.63) is 67.5 Å². The molecule has 0 saturated carbocycles. The lowest BCUT2D eigenvalue weighted by molar-refractivity contribution is -0.384. The second-order valence-corrected chi connectivity index (χ2v) is 8.19. The van der Waals surface area contributed by atoms with E-state index in [1.807, 2.05) is 31.2 Å². The van der Waals surface area contributed by atoms with Crippen molar-refractivity contribution in [2.45, 2.75) is 20.3 Å². The summed E-state index contributed by atoms with van der Waals surface area (Å²) < 4.78 is 6.49. The Bertz CT molecular complexity index is 1050. The first-order valence-corrected chi connectivity index (χ1v) is 10.4. The molecule has 3 aromatic rings. The van der Waals surface area contributed by atoms with Gasteiger partial charge in [-0.25, -0.2) is 4.98 Å². The molecule has 0 fully saturated rings. The van der Waals surface area contributed by atoms with Crippen LogP contribution in [0.5, 0.6) is 5.75 Å². The highest BCUT2D eigenvalue weighted by Gasteiger charge is 2.15. The molecule has 7 nitrogen and oxygen atoms in total. The summed E-state index contributed by atoms with van der Waals surface area (Å²) in [4.78, 5) is 28.2. The molecule has 2 aromatic carbocycles. The number of nitrogens with zero attached hydrogens (tertiary/aromatic N) is 2. The topological polar surface area (TPSA) is 94.4 Å². The lowest BCUT2D eigenvalue weighted by Gasteiger charge is -2.08. The van der Waals surface area contributed by atoms with Crippen molar-refractivity contribution in [3.63, 3.8) is 0 Å². The Hall–Kier alpha value is -2.78. The number of benzene rings is 2. The summed E-state index contributed by atoms with van der Waals surface area (Å²) in [5, 5.41) is 14.1. The minimum absolute atomic E-state index is 0.0188. The van der Waals surface area contributed by atoms with Crippen molar-refractivity contribution in [2.75, 3.05) is 11.9 Å². The molecule has 1 amide bonds. The number of hydrogen-bond acceptors (Lipinski definition) is 6. The second kappa shape index (κ2) is 9.15. The number of hydrogen-bond donors (Lipinski definition) is 1. The van der Waals surface area contributed by atoms with Crippen LogP contribution in [0.4, 0.5) is 10.8 Å². The van der Waals surface area contributed by atoms with E-state index in [-0.39, 0.29) is 18.2 Å². The normalized spacial score (nSPS) is 10.6. The van der Waals surface area contributed by atoms with E-state index >= 15 is 0 Å². The number of nitro benzene ring substituents is 1. The molecule has 0 spiro atoms. The fraction of sp³-hybridized carbons (Fsp3) is 0.200. The molecule has 1 N–H and O–H groups in total. The van der Waals surface area contributed by atoms with Gasteiger partial charge in [-0.15, -0.1) is 11.3 Å². The van der Waals surface area contributed by atoms with Gasteiger partial charge < -0.3 is 4.74 Å². The van der Waals surface area contributed by atoms with Crippen LogP contribution in [0.15, 0.2) is 46.9 Å². The lowest BCUT2D eigenvalue weighted by Crippen LogP contribution is -2.20. The van der Waals surface area contributed by atoms with Crippen molar-refractivity contribution in [1.29, 1.82) is 0 Å². The number of carbonyl (C=O) groups excluding carboxylic acids is 1. The SMILES string of the molecule is CCc1sc(NC(=O)COc2ccc([N+](=O)[O-])cc2C)nc1-c1ccc(Br)cc1. The van der Waals surface area contributed by atoms with E-state index in [4.69, 9.17) is 4.74 Å². The van der Waals surface area contributed by atoms with Gasteiger partial charge in [0.15, 0.2) is 11.7 Å². The molecule has 9 heteroatoms. The van der Waals surface area contributed by atoms with Gasteiger partial charge in [-0.05, 0) is 37.1 Å². The molecule has 0 aliphatic carbocycles. The predicted molar refractivity (Wildman–Crippen MR) is 117 cm³/mol. The van der Waals surface area contributed by atoms with Gasteiger partial charge in [0, 0.05) is 27.0 Å². The third kappa shape index (κ3) is 5.18. The number of aromatic nitrogens is 1. The monoisotopic (exact) mass is 475 g/mol. The van der Waals surface area contributed by atoms with Gasteiger partial charge in [0.2, 0.25) is 0 Å². The van der Waals surface area contributed by atoms with Crippen molar-refractivity contribution in [2.24, 2.45) is 0 Å². The highest BCUT2D eigenvalue weighted by molar-refractivity contribution is 9.10. The summed E-state index contributed by atoms with van der Waals surface area (Å²) in [5.74, 6) is 0.0798. The Balaban J connectivity index is 1.66. The number of thiazole rings is 1. The maximum absolute atomic E-state index is 12.3. The minimum atomic E-state index is -0.472. The number of halogens is 1. The molecule has 1 heterocycles. The predicted octanol–water partition coefficient (Wildman–Crippen LogP) is 5.37. The van der Waals surface area contributed by atoms with Crippen molar-refractivity contribution in [3.8, 4) is 17.0 Å². The third-order valence-electron chi connectivity index (χ3n) is 4.11. The van der Waals surface area contributed by atoms with E-state index in [0.29, 0.717) is 16.4 Å². The summed E-state index contributed by atoms with van der Waals surface area (Å²) >= 11 is 4.85. The number of rotatable bonds is 7. The molecule has 29 heavy (non-hydrogen) atoms. The van der Waals surface area contributed by atoms with E-state index in [9.17, 15) is 14.9 Å². The van der Waals surface area contributed by atoms with E-state index in [2.05, 4.69) is 26.2 Å². The second-order valence-electron chi connectivity index (χ2n) is 6.20. The van der Waals surface area contributed by atoms with E-state index in [0.717, 1.165) is 27.0 Å². The highest BCUT2D eigenvalue weighted by atomic mass is 79.9. The summed E-state index contributed by atoms with van der Waals surface area (Å²) in [6.45, 7) is 3.52. The fourth-order valence-corrected chi connectivity index (χ4v) is 3.89. The number of non-ortho nitro benzene ring substituents is 1. The average Bonchev–Trinajstić information content (AvgIpc) is 3.10. The molecule has 0 aliphatic heterocycles. The molecule has 150 valence electrons. The lowest BCUT2D eigenvalue weighted by atomic mass is 10.1. The summed E-state index contributed by atoms with van der Waals surface area (Å²) in [6, 6.07) is 12.1. The first-order chi connectivity index (χ1) is 13.9. The number of carbonyl (C=O) groups is 1. The highest BCUT2D eigenvalue weighted by Crippen LogP contribution is 2.32. The first kappa shape index (κ1) is 20.9. The maximum atomic E-state index is 12.3. The summed E-state index contributed by atoms with van der Waals surface area (Å²) in [6.07, 6.45) is 0.803. The molecule has 0 atom stereocenters. The number of aryl methyl sites for hydroxylation is 2. The summed E-state index contributed by atoms with van der Waals surface area (Å²) in [7, 11) is 0. The molecule has 0 bridgehead atoms. The quantitative estimate of drug-likeness (QED) is 0.366. The van der Waals surface area contributed by atoms with Crippen LogP contribution in [-0.2, 0) is 11.2 Å². The number of nitro groups is 1. The molecular weight excluding hydrogens is 458 g/mol. The van der Waals surface area contributed by atoms with Gasteiger partial charge in [0.05, 0.1) is 10.6 Å². The third-order valence-corrected chi connectivity index (χ3v) is 5.75. The Morgan fingerprint density at radius 1 is 1.28 bits per heavy atom. The maximum Gasteiger partial charge on any atom is 0.269 e. The minimum Gasteiger partial charge on any atom is -0.483 e. The average molecular weight is 476 g/mol. The van der Waals surface area contributed by atoms with Gasteiger partial charge in [0.1, 0.15) is 5.75 Å². The van der Waals surface area contributed by atoms with Crippen molar-refractivity contribution < 1.29 is 14.5 Å². The van der Waals surface area contributed by atoms with Crippen LogP contribution in [-0.4, -0.2) is 22.4 Å². The molecule has 0 unspecified atom stereocenters. The number of ether oxygens (including phenoxy) is 1. The van der Waals surface area contributed by atoms with Gasteiger partial charge in [-0.1, -0.05) is 35.0 Å². The molecular formula is C20H18BrN3O4S. The Kier molecular flexibility index (Phi) is 6.60. The molecule has 1 aromatic heterocycles. The molecule has 0 radical (unpaired) electrons. The molecule has 0 aliphatic rings. The van der Waals surface area contributed by atoms with Crippen LogP contribution in [0.1, 0.15) is 17.4 Å². The van der Waals surface area contributed by atoms with Gasteiger partial charge in [0.25, 0.3) is 11.6 Å². The number of amides is 1. The standard InChI is InChI=1S/C20H18BrN3O4S/c1-3-17-19(13-4-6-14(21)7-5-13)23-20(29-17)22-18(25)11-28-16-9-8-15(24(26)27)10-12(16)2/h4-10H,3,11H2,1-2H3,(H,22,23,25). The molecule has 3 rings (SSSR count). The van der Waals surface area contributed by atoms with Crippen LogP contribution in [0.25, 0.3) is 11.3 Å². The van der Waals surface area contributed by atoms with Crippen molar-refractivity contribution >= 4 is 44.0 Å². The van der Waals surface area contributed by atoms with Gasteiger partial charge in [-0.2, -0.15) is 0 Å². The Morgan fingerprint density at radius 2 is 2.00 bits per heavy atom. The van der Waals surface area contributed by atoms with Crippen LogP contribution in [0.2, 0.25) is 0 Å². The number of anilines is 1. The van der Waals surface area contributed by atoms with Crippen LogP contribution >= 0.6 is 27.3 Å². The van der Waals surface area contributed by atoms with Crippen molar-refractivity contribution in [1.82, 2.24) is 4.98 Å². The van der Waals surface area contributed by atoms with Gasteiger partial charge in [-0.3, -0.25) is 20.2 Å². The smallest absolute Gasteiger partial charge is 0.269 e. The largest absolute Gasteiger partial charge is 0.483 e. The zero-order valence-corrected chi connectivity index (χ0v) is 18.2. The zero-order chi connectivity index (χ0) is 21.0. The van der Waals surface area contributed by atoms with E-state index in [1.54, 1.807) is 6.92 Å². The van der Waals surface area contributed by atoms with Gasteiger partial charge >= 0.3 is 0 Å². The number of nitrogens with one attached hydrogen (secondary N) is 1. The zero-order valence-electron chi connectivity index (χ0n) is 15.8. The molecule has 0 saturated heterocycles.